The first-order valence-electron chi connectivity index (χ1n) is 5.68. The summed E-state index contributed by atoms with van der Waals surface area (Å²) in [5, 5.41) is 10.1. The fourth-order valence-corrected chi connectivity index (χ4v) is 1.56. The second-order valence-corrected chi connectivity index (χ2v) is 5.08. The van der Waals surface area contributed by atoms with E-state index in [1.165, 1.54) is 6.07 Å². The Balaban J connectivity index is 2.36. The zero-order valence-electron chi connectivity index (χ0n) is 10.6. The van der Waals surface area contributed by atoms with Gasteiger partial charge in [0, 0.05) is 5.39 Å². The van der Waals surface area contributed by atoms with Crippen LogP contribution in [0, 0.1) is 0 Å². The molecule has 0 amide bonds. The molecule has 0 radical (unpaired) electrons. The van der Waals surface area contributed by atoms with Gasteiger partial charge in [0.2, 0.25) is 0 Å². The van der Waals surface area contributed by atoms with Gasteiger partial charge in [0.05, 0.1) is 5.52 Å². The number of aromatic hydroxyl groups is 1. The van der Waals surface area contributed by atoms with E-state index in [0.29, 0.717) is 5.52 Å². The van der Waals surface area contributed by atoms with E-state index in [1.54, 1.807) is 24.3 Å². The number of hydrogen-bond acceptors (Lipinski definition) is 4. The van der Waals surface area contributed by atoms with Crippen LogP contribution in [0.3, 0.4) is 0 Å². The third-order valence-electron chi connectivity index (χ3n) is 2.28. The molecule has 0 fully saturated rings. The number of nitrogens with zero attached hydrogens (tertiary/aromatic N) is 1. The average molecular weight is 245 g/mol. The van der Waals surface area contributed by atoms with Crippen LogP contribution in [0.2, 0.25) is 0 Å². The van der Waals surface area contributed by atoms with Crippen molar-refractivity contribution < 1.29 is 14.6 Å². The zero-order valence-corrected chi connectivity index (χ0v) is 10.6. The van der Waals surface area contributed by atoms with Crippen LogP contribution in [0.5, 0.6) is 5.75 Å². The smallest absolute Gasteiger partial charge is 0.357 e. The average Bonchev–Trinajstić information content (AvgIpc) is 2.26. The molecule has 18 heavy (non-hydrogen) atoms. The highest BCUT2D eigenvalue weighted by atomic mass is 16.6. The third-order valence-corrected chi connectivity index (χ3v) is 2.28. The minimum Gasteiger partial charge on any atom is -0.508 e. The largest absolute Gasteiger partial charge is 0.508 e. The minimum atomic E-state index is -0.539. The molecule has 0 saturated carbocycles. The maximum Gasteiger partial charge on any atom is 0.357 e. The predicted molar refractivity (Wildman–Crippen MR) is 68.6 cm³/mol. The molecule has 2 aromatic rings. The zero-order chi connectivity index (χ0) is 13.3. The van der Waals surface area contributed by atoms with E-state index in [2.05, 4.69) is 4.98 Å². The van der Waals surface area contributed by atoms with Gasteiger partial charge < -0.3 is 9.84 Å². The lowest BCUT2D eigenvalue weighted by molar-refractivity contribution is 0.00633. The Hall–Kier alpha value is -2.10. The van der Waals surface area contributed by atoms with Gasteiger partial charge in [-0.1, -0.05) is 6.07 Å². The molecule has 0 bridgehead atoms. The fraction of sp³-hybridized carbons (Fsp3) is 0.286. The van der Waals surface area contributed by atoms with Crippen LogP contribution in [-0.4, -0.2) is 21.7 Å². The quantitative estimate of drug-likeness (QED) is 0.785. The van der Waals surface area contributed by atoms with Gasteiger partial charge >= 0.3 is 5.97 Å². The van der Waals surface area contributed by atoms with Crippen molar-refractivity contribution in [1.82, 2.24) is 4.98 Å². The second kappa shape index (κ2) is 4.29. The topological polar surface area (TPSA) is 59.4 Å². The van der Waals surface area contributed by atoms with Crippen LogP contribution < -0.4 is 0 Å². The summed E-state index contributed by atoms with van der Waals surface area (Å²) in [6.45, 7) is 5.43. The number of carbonyl (C=O) groups is 1. The van der Waals surface area contributed by atoms with Gasteiger partial charge in [0.15, 0.2) is 0 Å². The van der Waals surface area contributed by atoms with Crippen molar-refractivity contribution in [2.45, 2.75) is 26.4 Å². The third kappa shape index (κ3) is 2.77. The summed E-state index contributed by atoms with van der Waals surface area (Å²) in [6.07, 6.45) is 0. The minimum absolute atomic E-state index is 0.175. The first-order valence-corrected chi connectivity index (χ1v) is 5.68. The summed E-state index contributed by atoms with van der Waals surface area (Å²) in [5.74, 6) is -0.271. The van der Waals surface area contributed by atoms with Gasteiger partial charge in [0.25, 0.3) is 0 Å². The molecular weight excluding hydrogens is 230 g/mol. The number of pyridine rings is 1. The molecule has 0 aliphatic heterocycles. The highest BCUT2D eigenvalue weighted by Crippen LogP contribution is 2.19. The maximum absolute atomic E-state index is 11.8. The van der Waals surface area contributed by atoms with Crippen molar-refractivity contribution in [2.24, 2.45) is 0 Å². The Labute approximate surface area is 105 Å². The number of hydrogen-bond donors (Lipinski definition) is 1. The van der Waals surface area contributed by atoms with Crippen LogP contribution >= 0.6 is 0 Å². The maximum atomic E-state index is 11.8. The first-order chi connectivity index (χ1) is 8.35. The van der Waals surface area contributed by atoms with Gasteiger partial charge in [-0.15, -0.1) is 0 Å². The van der Waals surface area contributed by atoms with Gasteiger partial charge in [-0.3, -0.25) is 0 Å². The summed E-state index contributed by atoms with van der Waals surface area (Å²) >= 11 is 0. The highest BCUT2D eigenvalue weighted by Gasteiger charge is 2.18. The summed E-state index contributed by atoms with van der Waals surface area (Å²) in [4.78, 5) is 16.1. The summed E-state index contributed by atoms with van der Waals surface area (Å²) in [5.41, 5.74) is 0.377. The van der Waals surface area contributed by atoms with Gasteiger partial charge in [-0.25, -0.2) is 9.78 Å². The lowest BCUT2D eigenvalue weighted by Crippen LogP contribution is -2.24. The summed E-state index contributed by atoms with van der Waals surface area (Å²) in [7, 11) is 0. The number of aromatic nitrogens is 1. The second-order valence-electron chi connectivity index (χ2n) is 5.08. The lowest BCUT2D eigenvalue weighted by Gasteiger charge is -2.19. The van der Waals surface area contributed by atoms with Crippen LogP contribution in [0.25, 0.3) is 10.9 Å². The predicted octanol–water partition coefficient (Wildman–Crippen LogP) is 2.90. The number of fused-ring (bicyclic) bond motifs is 1. The van der Waals surface area contributed by atoms with Gasteiger partial charge in [0.1, 0.15) is 17.0 Å². The number of benzene rings is 1. The monoisotopic (exact) mass is 245 g/mol. The Morgan fingerprint density at radius 1 is 1.22 bits per heavy atom. The lowest BCUT2D eigenvalue weighted by atomic mass is 10.2. The fourth-order valence-electron chi connectivity index (χ4n) is 1.56. The molecule has 0 unspecified atom stereocenters. The molecule has 94 valence electrons. The SMILES string of the molecule is CC(C)(C)OC(=O)c1ccc2cc(O)ccc2n1. The van der Waals surface area contributed by atoms with E-state index in [1.807, 2.05) is 20.8 Å². The van der Waals surface area contributed by atoms with Crippen LogP contribution in [0.15, 0.2) is 30.3 Å². The van der Waals surface area contributed by atoms with E-state index >= 15 is 0 Å². The first kappa shape index (κ1) is 12.4. The number of rotatable bonds is 1. The molecule has 1 heterocycles. The van der Waals surface area contributed by atoms with E-state index in [9.17, 15) is 9.90 Å². The Morgan fingerprint density at radius 2 is 1.94 bits per heavy atom. The van der Waals surface area contributed by atoms with Gasteiger partial charge in [-0.2, -0.15) is 0 Å². The molecule has 4 heteroatoms. The van der Waals surface area contributed by atoms with Crippen LogP contribution in [0.4, 0.5) is 0 Å². The molecule has 4 nitrogen and oxygen atoms in total. The number of esters is 1. The molecule has 2 rings (SSSR count). The molecule has 0 spiro atoms. The van der Waals surface area contributed by atoms with Crippen molar-refractivity contribution in [1.29, 1.82) is 0 Å². The Morgan fingerprint density at radius 3 is 2.61 bits per heavy atom. The molecule has 1 N–H and O–H groups in total. The number of phenolic OH excluding ortho intramolecular Hbond substituents is 1. The van der Waals surface area contributed by atoms with E-state index in [-0.39, 0.29) is 11.4 Å². The van der Waals surface area contributed by atoms with Crippen LogP contribution in [-0.2, 0) is 4.74 Å². The van der Waals surface area contributed by atoms with Crippen molar-refractivity contribution in [3.8, 4) is 5.75 Å². The number of phenols is 1. The van der Waals surface area contributed by atoms with Crippen molar-refractivity contribution in [3.05, 3.63) is 36.0 Å². The molecule has 0 saturated heterocycles. The Bertz CT molecular complexity index is 600. The van der Waals surface area contributed by atoms with Crippen molar-refractivity contribution in [2.75, 3.05) is 0 Å². The normalized spacial score (nSPS) is 11.5. The molecule has 1 aromatic heterocycles. The van der Waals surface area contributed by atoms with Crippen LogP contribution in [0.1, 0.15) is 31.3 Å². The van der Waals surface area contributed by atoms with Crippen molar-refractivity contribution in [3.63, 3.8) is 0 Å². The number of ether oxygens (including phenoxy) is 1. The summed E-state index contributed by atoms with van der Waals surface area (Å²) in [6, 6.07) is 8.13. The molecule has 1 aromatic carbocycles. The highest BCUT2D eigenvalue weighted by molar-refractivity contribution is 5.91. The number of carbonyl (C=O) groups excluding carboxylic acids is 1. The van der Waals surface area contributed by atoms with Gasteiger partial charge in [-0.05, 0) is 45.0 Å². The van der Waals surface area contributed by atoms with Crippen molar-refractivity contribution >= 4 is 16.9 Å². The van der Waals surface area contributed by atoms with E-state index in [4.69, 9.17) is 4.74 Å². The molecule has 0 atom stereocenters. The Kier molecular flexibility index (Phi) is 2.95. The summed E-state index contributed by atoms with van der Waals surface area (Å²) < 4.78 is 5.25. The standard InChI is InChI=1S/C14H15NO3/c1-14(2,3)18-13(17)12-6-4-9-8-10(16)5-7-11(9)15-12/h4-8,16H,1-3H3. The van der Waals surface area contributed by atoms with E-state index in [0.717, 1.165) is 5.39 Å². The van der Waals surface area contributed by atoms with E-state index < -0.39 is 11.6 Å². The molecule has 0 aliphatic rings. The molecular formula is C14H15NO3. The molecule has 0 aliphatic carbocycles.